The molecule has 2 rings (SSSR count). The van der Waals surface area contributed by atoms with E-state index in [0.717, 1.165) is 5.82 Å². The molecule has 0 saturated carbocycles. The molecule has 3 nitrogen and oxygen atoms in total. The summed E-state index contributed by atoms with van der Waals surface area (Å²) >= 11 is 0. The molecule has 0 amide bonds. The van der Waals surface area contributed by atoms with Crippen molar-refractivity contribution < 1.29 is 9.13 Å². The molecular weight excluding hydrogens is 243 g/mol. The van der Waals surface area contributed by atoms with Crippen LogP contribution in [0.3, 0.4) is 0 Å². The number of nitrogens with zero attached hydrogens (tertiary/aromatic N) is 1. The molecule has 0 saturated heterocycles. The fourth-order valence-corrected chi connectivity index (χ4v) is 1.58. The van der Waals surface area contributed by atoms with Gasteiger partial charge in [0.05, 0.1) is 0 Å². The molecule has 100 valence electrons. The molecular formula is C15H17FN2O. The summed E-state index contributed by atoms with van der Waals surface area (Å²) < 4.78 is 18.6. The highest BCUT2D eigenvalue weighted by atomic mass is 19.1. The van der Waals surface area contributed by atoms with Crippen LogP contribution in [0.4, 0.5) is 10.2 Å². The van der Waals surface area contributed by atoms with Crippen LogP contribution in [0.15, 0.2) is 42.5 Å². The first-order chi connectivity index (χ1) is 8.92. The number of anilines is 1. The van der Waals surface area contributed by atoms with Crippen LogP contribution in [0.25, 0.3) is 0 Å². The summed E-state index contributed by atoms with van der Waals surface area (Å²) in [5, 5.41) is 3.25. The summed E-state index contributed by atoms with van der Waals surface area (Å²) in [7, 11) is 0. The normalized spacial score (nSPS) is 11.2. The minimum absolute atomic E-state index is 0.0789. The average molecular weight is 260 g/mol. The average Bonchev–Trinajstić information content (AvgIpc) is 2.27. The van der Waals surface area contributed by atoms with E-state index in [0.29, 0.717) is 11.6 Å². The number of nitrogens with one attached hydrogen (secondary N) is 1. The van der Waals surface area contributed by atoms with Gasteiger partial charge in [0.2, 0.25) is 5.88 Å². The van der Waals surface area contributed by atoms with Gasteiger partial charge in [-0.1, -0.05) is 12.1 Å². The van der Waals surface area contributed by atoms with Gasteiger partial charge in [0, 0.05) is 17.7 Å². The van der Waals surface area contributed by atoms with Gasteiger partial charge in [0.1, 0.15) is 17.4 Å². The molecule has 4 heteroatoms. The lowest BCUT2D eigenvalue weighted by Crippen LogP contribution is -2.26. The first-order valence-electron chi connectivity index (χ1n) is 6.11. The van der Waals surface area contributed by atoms with Gasteiger partial charge in [0.15, 0.2) is 0 Å². The molecule has 1 heterocycles. The van der Waals surface area contributed by atoms with E-state index < -0.39 is 0 Å². The number of benzene rings is 1. The maximum absolute atomic E-state index is 13.1. The molecule has 0 radical (unpaired) electrons. The Labute approximate surface area is 112 Å². The molecule has 0 bridgehead atoms. The zero-order valence-corrected chi connectivity index (χ0v) is 11.3. The van der Waals surface area contributed by atoms with Crippen molar-refractivity contribution in [1.29, 1.82) is 0 Å². The van der Waals surface area contributed by atoms with Gasteiger partial charge >= 0.3 is 0 Å². The van der Waals surface area contributed by atoms with Gasteiger partial charge in [-0.3, -0.25) is 0 Å². The minimum Gasteiger partial charge on any atom is -0.439 e. The minimum atomic E-state index is -0.332. The summed E-state index contributed by atoms with van der Waals surface area (Å²) in [6, 6.07) is 11.4. The van der Waals surface area contributed by atoms with Crippen LogP contribution in [0.5, 0.6) is 11.6 Å². The van der Waals surface area contributed by atoms with Gasteiger partial charge in [-0.25, -0.2) is 4.39 Å². The molecule has 19 heavy (non-hydrogen) atoms. The summed E-state index contributed by atoms with van der Waals surface area (Å²) in [5.74, 6) is 1.25. The molecule has 0 aliphatic heterocycles. The van der Waals surface area contributed by atoms with Gasteiger partial charge in [0.25, 0.3) is 0 Å². The van der Waals surface area contributed by atoms with Crippen molar-refractivity contribution in [2.45, 2.75) is 26.3 Å². The number of pyridine rings is 1. The first kappa shape index (κ1) is 13.3. The first-order valence-corrected chi connectivity index (χ1v) is 6.11. The number of aromatic nitrogens is 1. The second kappa shape index (κ2) is 5.26. The highest BCUT2D eigenvalue weighted by Gasteiger charge is 2.10. The summed E-state index contributed by atoms with van der Waals surface area (Å²) in [6.45, 7) is 6.15. The van der Waals surface area contributed by atoms with E-state index >= 15 is 0 Å². The van der Waals surface area contributed by atoms with Crippen LogP contribution in [-0.2, 0) is 0 Å². The third kappa shape index (κ3) is 4.25. The lowest BCUT2D eigenvalue weighted by atomic mass is 10.1. The zero-order valence-electron chi connectivity index (χ0n) is 11.3. The third-order valence-corrected chi connectivity index (χ3v) is 2.25. The summed E-state index contributed by atoms with van der Waals surface area (Å²) in [5.41, 5.74) is -0.0789. The van der Waals surface area contributed by atoms with Crippen LogP contribution in [-0.4, -0.2) is 10.5 Å². The van der Waals surface area contributed by atoms with E-state index in [2.05, 4.69) is 31.1 Å². The number of ether oxygens (including phenoxy) is 1. The van der Waals surface area contributed by atoms with Crippen LogP contribution >= 0.6 is 0 Å². The van der Waals surface area contributed by atoms with Crippen molar-refractivity contribution in [2.75, 3.05) is 5.32 Å². The molecule has 0 atom stereocenters. The van der Waals surface area contributed by atoms with Crippen molar-refractivity contribution >= 4 is 5.82 Å². The molecule has 2 aromatic rings. The molecule has 0 unspecified atom stereocenters. The monoisotopic (exact) mass is 260 g/mol. The summed E-state index contributed by atoms with van der Waals surface area (Å²) in [4.78, 5) is 4.33. The van der Waals surface area contributed by atoms with E-state index in [-0.39, 0.29) is 11.4 Å². The zero-order chi connectivity index (χ0) is 13.9. The Morgan fingerprint density at radius 3 is 2.53 bits per heavy atom. The van der Waals surface area contributed by atoms with Crippen LogP contribution in [0.1, 0.15) is 20.8 Å². The van der Waals surface area contributed by atoms with E-state index in [1.807, 2.05) is 12.1 Å². The molecule has 1 aromatic carbocycles. The maximum Gasteiger partial charge on any atom is 0.221 e. The summed E-state index contributed by atoms with van der Waals surface area (Å²) in [6.07, 6.45) is 0. The van der Waals surface area contributed by atoms with Crippen molar-refractivity contribution in [2.24, 2.45) is 0 Å². The third-order valence-electron chi connectivity index (χ3n) is 2.25. The molecule has 0 aliphatic rings. The Bertz CT molecular complexity index is 564. The fraction of sp³-hybridized carbons (Fsp3) is 0.267. The predicted molar refractivity (Wildman–Crippen MR) is 74.1 cm³/mol. The Morgan fingerprint density at radius 2 is 1.84 bits per heavy atom. The van der Waals surface area contributed by atoms with Crippen molar-refractivity contribution in [3.8, 4) is 11.6 Å². The van der Waals surface area contributed by atoms with E-state index in [4.69, 9.17) is 4.74 Å². The van der Waals surface area contributed by atoms with E-state index in [9.17, 15) is 4.39 Å². The quantitative estimate of drug-likeness (QED) is 0.897. The number of rotatable bonds is 3. The molecule has 1 N–H and O–H groups in total. The van der Waals surface area contributed by atoms with Crippen LogP contribution < -0.4 is 10.1 Å². The van der Waals surface area contributed by atoms with E-state index in [1.54, 1.807) is 18.2 Å². The van der Waals surface area contributed by atoms with Crippen LogP contribution in [0, 0.1) is 5.82 Å². The van der Waals surface area contributed by atoms with Gasteiger partial charge in [-0.15, -0.1) is 0 Å². The SMILES string of the molecule is CC(C)(C)Nc1cccc(Oc2cccc(F)c2)n1. The Hall–Kier alpha value is -2.10. The van der Waals surface area contributed by atoms with Crippen LogP contribution in [0.2, 0.25) is 0 Å². The van der Waals surface area contributed by atoms with Gasteiger partial charge in [-0.05, 0) is 39.0 Å². The van der Waals surface area contributed by atoms with Crippen molar-refractivity contribution in [1.82, 2.24) is 4.98 Å². The molecule has 1 aromatic heterocycles. The highest BCUT2D eigenvalue weighted by molar-refractivity contribution is 5.40. The lowest BCUT2D eigenvalue weighted by molar-refractivity contribution is 0.458. The highest BCUT2D eigenvalue weighted by Crippen LogP contribution is 2.22. The predicted octanol–water partition coefficient (Wildman–Crippen LogP) is 4.22. The molecule has 0 fully saturated rings. The number of halogens is 1. The van der Waals surface area contributed by atoms with Crippen molar-refractivity contribution in [3.63, 3.8) is 0 Å². The molecule has 0 aliphatic carbocycles. The van der Waals surface area contributed by atoms with Crippen molar-refractivity contribution in [3.05, 3.63) is 48.3 Å². The largest absolute Gasteiger partial charge is 0.439 e. The maximum atomic E-state index is 13.1. The topological polar surface area (TPSA) is 34.1 Å². The van der Waals surface area contributed by atoms with E-state index in [1.165, 1.54) is 12.1 Å². The molecule has 0 spiro atoms. The van der Waals surface area contributed by atoms with Gasteiger partial charge < -0.3 is 10.1 Å². The second-order valence-electron chi connectivity index (χ2n) is 5.30. The number of hydrogen-bond donors (Lipinski definition) is 1. The Balaban J connectivity index is 2.15. The lowest BCUT2D eigenvalue weighted by Gasteiger charge is -2.21. The van der Waals surface area contributed by atoms with Gasteiger partial charge in [-0.2, -0.15) is 4.98 Å². The second-order valence-corrected chi connectivity index (χ2v) is 5.30. The fourth-order valence-electron chi connectivity index (χ4n) is 1.58. The Kier molecular flexibility index (Phi) is 3.69. The smallest absolute Gasteiger partial charge is 0.221 e. The standard InChI is InChI=1S/C15H17FN2O/c1-15(2,3)18-13-8-5-9-14(17-13)19-12-7-4-6-11(16)10-12/h4-10H,1-3H3,(H,17,18). The number of hydrogen-bond acceptors (Lipinski definition) is 3. The Morgan fingerprint density at radius 1 is 1.11 bits per heavy atom.